The molecule has 454 valence electrons. The van der Waals surface area contributed by atoms with Gasteiger partial charge in [0.15, 0.2) is 29.0 Å². The molecule has 11 rings (SSSR count). The summed E-state index contributed by atoms with van der Waals surface area (Å²) in [5.41, 5.74) is 6.91. The summed E-state index contributed by atoms with van der Waals surface area (Å²) >= 11 is 4.14. The first-order valence-electron chi connectivity index (χ1n) is 27.9. The zero-order valence-electron chi connectivity index (χ0n) is 48.5. The maximum Gasteiger partial charge on any atom is 0.207 e. The highest BCUT2D eigenvalue weighted by molar-refractivity contribution is 7.18. The van der Waals surface area contributed by atoms with E-state index in [2.05, 4.69) is 91.8 Å². The predicted octanol–water partition coefficient (Wildman–Crippen LogP) is 6.45. The topological polar surface area (TPSA) is 316 Å². The molecule has 6 aromatic heterocycles. The number of nitrogens with one attached hydrogen (secondary N) is 3. The third-order valence-corrected chi connectivity index (χ3v) is 16.2. The van der Waals surface area contributed by atoms with Crippen molar-refractivity contribution in [2.45, 2.75) is 76.3 Å². The number of rotatable bonds is 25. The summed E-state index contributed by atoms with van der Waals surface area (Å²) in [4.78, 5) is 32.9. The summed E-state index contributed by atoms with van der Waals surface area (Å²) in [5.74, 6) is 4.84. The Balaban J connectivity index is 0.000000161. The van der Waals surface area contributed by atoms with Crippen LogP contribution in [-0.2, 0) is 31.9 Å². The lowest BCUT2D eigenvalue weighted by Gasteiger charge is -2.17. The number of nitrogen functional groups attached to an aromatic ring is 1. The van der Waals surface area contributed by atoms with Crippen molar-refractivity contribution in [1.29, 1.82) is 0 Å². The number of benzene rings is 2. The second kappa shape index (κ2) is 31.0. The summed E-state index contributed by atoms with van der Waals surface area (Å²) in [7, 11) is 6.29. The summed E-state index contributed by atoms with van der Waals surface area (Å²) in [6, 6.07) is 23.0. The van der Waals surface area contributed by atoms with Crippen LogP contribution in [0.15, 0.2) is 91.4 Å². The van der Waals surface area contributed by atoms with Gasteiger partial charge in [-0.15, -0.1) is 45.9 Å². The SMILES string of the molecule is CCO[C@@H](C(=O)Cc1nnc(N[C@@H]2CCN(c3cccnn3)C2)s1)c1cc(OC)cc(OC)c1.CCO[C@H](C(=O)Cc1nnc(N[C@@H]2CCN(c3cccnn3)C2)s1)c1cc(OC)cc(OC)c1.Nc1nnc(N[C@@H]2CCN(c3cccnn3)C2)s1. The highest BCUT2D eigenvalue weighted by Gasteiger charge is 2.30. The van der Waals surface area contributed by atoms with Gasteiger partial charge in [-0.2, -0.15) is 15.3 Å². The number of anilines is 7. The number of ketones is 2. The van der Waals surface area contributed by atoms with Crippen LogP contribution in [0.1, 0.15) is 66.5 Å². The smallest absolute Gasteiger partial charge is 0.207 e. The van der Waals surface area contributed by atoms with Crippen molar-refractivity contribution in [1.82, 2.24) is 61.2 Å². The van der Waals surface area contributed by atoms with Crippen LogP contribution >= 0.6 is 34.0 Å². The van der Waals surface area contributed by atoms with E-state index in [-0.39, 0.29) is 36.5 Å². The predicted molar refractivity (Wildman–Crippen MR) is 328 cm³/mol. The minimum absolute atomic E-state index is 0.102. The van der Waals surface area contributed by atoms with E-state index in [0.717, 1.165) is 81.1 Å². The molecule has 9 heterocycles. The first kappa shape index (κ1) is 62.0. The van der Waals surface area contributed by atoms with Gasteiger partial charge in [0.2, 0.25) is 20.5 Å². The van der Waals surface area contributed by atoms with E-state index in [1.54, 1.807) is 83.4 Å². The Kier molecular flexibility index (Phi) is 22.3. The third-order valence-electron chi connectivity index (χ3n) is 13.8. The van der Waals surface area contributed by atoms with Crippen LogP contribution in [0, 0.1) is 0 Å². The lowest BCUT2D eigenvalue weighted by atomic mass is 10.0. The molecule has 0 saturated carbocycles. The molecule has 5 atom stereocenters. The van der Waals surface area contributed by atoms with Crippen molar-refractivity contribution in [3.63, 3.8) is 0 Å². The average Bonchev–Trinajstić information content (AvgIpc) is 3.73. The zero-order chi connectivity index (χ0) is 60.2. The monoisotopic (exact) mass is 1230 g/mol. The van der Waals surface area contributed by atoms with Gasteiger partial charge >= 0.3 is 0 Å². The van der Waals surface area contributed by atoms with Crippen LogP contribution in [0.5, 0.6) is 23.0 Å². The minimum Gasteiger partial charge on any atom is -0.497 e. The molecule has 5 N–H and O–H groups in total. The first-order valence-corrected chi connectivity index (χ1v) is 30.3. The molecule has 3 fully saturated rings. The van der Waals surface area contributed by atoms with Gasteiger partial charge in [0.05, 0.1) is 41.3 Å². The summed E-state index contributed by atoms with van der Waals surface area (Å²) in [6.07, 6.45) is 6.72. The lowest BCUT2D eigenvalue weighted by molar-refractivity contribution is -0.130. The molecular weight excluding hydrogens is 1160 g/mol. The molecule has 27 nitrogen and oxygen atoms in total. The number of Topliss-reactive ketones (excluding diaryl/α,β-unsaturated/α-hetero) is 2. The number of carbonyl (C=O) groups is 2. The third kappa shape index (κ3) is 17.3. The molecule has 0 spiro atoms. The van der Waals surface area contributed by atoms with Crippen molar-refractivity contribution in [2.75, 3.05) is 117 Å². The van der Waals surface area contributed by atoms with Crippen LogP contribution in [-0.4, -0.2) is 172 Å². The Morgan fingerprint density at radius 2 is 0.860 bits per heavy atom. The number of carbonyl (C=O) groups excluding carboxylic acids is 2. The van der Waals surface area contributed by atoms with Crippen LogP contribution in [0.2, 0.25) is 0 Å². The molecule has 0 amide bonds. The van der Waals surface area contributed by atoms with Gasteiger partial charge in [0.25, 0.3) is 0 Å². The Bertz CT molecular complexity index is 3170. The normalized spacial score (nSPS) is 16.9. The van der Waals surface area contributed by atoms with E-state index >= 15 is 0 Å². The number of methoxy groups -OCH3 is 4. The average molecular weight is 1230 g/mol. The molecule has 3 saturated heterocycles. The fraction of sp³-hybridized carbons (Fsp3) is 0.429. The fourth-order valence-corrected chi connectivity index (χ4v) is 12.0. The molecule has 2 aromatic carbocycles. The number of hydrogen-bond donors (Lipinski definition) is 4. The van der Waals surface area contributed by atoms with E-state index in [0.29, 0.717) is 78.8 Å². The van der Waals surface area contributed by atoms with Crippen molar-refractivity contribution < 1.29 is 38.0 Å². The van der Waals surface area contributed by atoms with Crippen LogP contribution in [0.3, 0.4) is 0 Å². The van der Waals surface area contributed by atoms with Crippen LogP contribution in [0.25, 0.3) is 0 Å². The Hall–Kier alpha value is -8.58. The molecule has 0 radical (unpaired) electrons. The highest BCUT2D eigenvalue weighted by atomic mass is 32.1. The molecular formula is C56H69N19O8S3. The Morgan fingerprint density at radius 3 is 1.16 bits per heavy atom. The number of nitrogens with zero attached hydrogens (tertiary/aromatic N) is 15. The lowest BCUT2D eigenvalue weighted by Crippen LogP contribution is -2.26. The van der Waals surface area contributed by atoms with Crippen molar-refractivity contribution >= 4 is 83.6 Å². The minimum atomic E-state index is -0.746. The standard InChI is InChI=1S/2C23H28N6O4S.C10H13N7S/c2*1-4-33-22(15-10-17(31-2)12-18(11-15)32-3)19(30)13-21-27-28-23(34-21)25-16-7-9-29(14-16)20-6-5-8-24-26-20;11-9-15-16-10(18-9)13-7-3-5-17(6-7)8-2-1-4-12-14-8/h2*5-6,8,10-12,16,22H,4,7,9,13-14H2,1-3H3,(H,25,28);1-2,4,7H,3,5-6H2,(H2,11,15)(H,13,16)/t16-,22+;16-,22-;7-/m111/s1. The van der Waals surface area contributed by atoms with Crippen LogP contribution in [0.4, 0.5) is 38.0 Å². The second-order valence-electron chi connectivity index (χ2n) is 19.7. The van der Waals surface area contributed by atoms with E-state index in [1.807, 2.05) is 50.2 Å². The van der Waals surface area contributed by atoms with E-state index in [4.69, 9.17) is 34.2 Å². The van der Waals surface area contributed by atoms with E-state index < -0.39 is 12.2 Å². The van der Waals surface area contributed by atoms with E-state index in [1.165, 1.54) is 34.0 Å². The number of ether oxygens (including phenoxy) is 6. The highest BCUT2D eigenvalue weighted by Crippen LogP contribution is 2.33. The van der Waals surface area contributed by atoms with Gasteiger partial charge in [-0.1, -0.05) is 34.0 Å². The first-order chi connectivity index (χ1) is 42.0. The molecule has 30 heteroatoms. The maximum absolute atomic E-state index is 13.1. The number of aromatic nitrogens is 12. The maximum atomic E-state index is 13.1. The number of hydrogen-bond acceptors (Lipinski definition) is 30. The molecule has 3 aliphatic heterocycles. The van der Waals surface area contributed by atoms with Gasteiger partial charge in [-0.3, -0.25) is 9.59 Å². The van der Waals surface area contributed by atoms with Crippen molar-refractivity contribution in [3.05, 3.63) is 113 Å². The molecule has 0 bridgehead atoms. The molecule has 86 heavy (non-hydrogen) atoms. The quantitative estimate of drug-likeness (QED) is 0.0477. The van der Waals surface area contributed by atoms with Gasteiger partial charge in [0.1, 0.15) is 45.2 Å². The van der Waals surface area contributed by atoms with E-state index in [9.17, 15) is 9.59 Å². The number of nitrogens with two attached hydrogens (primary N) is 1. The summed E-state index contributed by atoms with van der Waals surface area (Å²) in [6.45, 7) is 9.73. The molecule has 0 aliphatic carbocycles. The van der Waals surface area contributed by atoms with Gasteiger partial charge in [0, 0.05) is 101 Å². The Morgan fingerprint density at radius 1 is 0.512 bits per heavy atom. The van der Waals surface area contributed by atoms with Crippen molar-refractivity contribution in [3.8, 4) is 23.0 Å². The second-order valence-corrected chi connectivity index (χ2v) is 22.8. The molecule has 3 aliphatic rings. The Labute approximate surface area is 509 Å². The van der Waals surface area contributed by atoms with Gasteiger partial charge in [-0.05, 0) is 105 Å². The largest absolute Gasteiger partial charge is 0.497 e. The fourth-order valence-electron chi connectivity index (χ4n) is 9.76. The molecule has 0 unspecified atom stereocenters. The summed E-state index contributed by atoms with van der Waals surface area (Å²) < 4.78 is 32.9. The zero-order valence-corrected chi connectivity index (χ0v) is 51.0. The van der Waals surface area contributed by atoms with Gasteiger partial charge in [-0.25, -0.2) is 0 Å². The summed E-state index contributed by atoms with van der Waals surface area (Å²) in [5, 5.41) is 63.1. The van der Waals surface area contributed by atoms with Gasteiger partial charge < -0.3 is 64.8 Å². The molecule has 8 aromatic rings. The van der Waals surface area contributed by atoms with Crippen molar-refractivity contribution in [2.24, 2.45) is 0 Å². The van der Waals surface area contributed by atoms with Crippen LogP contribution < -0.4 is 55.3 Å².